The molecule has 2 atom stereocenters. The van der Waals surface area contributed by atoms with E-state index in [9.17, 15) is 4.79 Å². The van der Waals surface area contributed by atoms with Gasteiger partial charge in [0.15, 0.2) is 0 Å². The first-order chi connectivity index (χ1) is 9.93. The van der Waals surface area contributed by atoms with Gasteiger partial charge in [-0.15, -0.1) is 0 Å². The van der Waals surface area contributed by atoms with E-state index < -0.39 is 0 Å². The molecule has 0 spiro atoms. The molecule has 1 aliphatic heterocycles. The van der Waals surface area contributed by atoms with Crippen LogP contribution >= 0.6 is 0 Å². The van der Waals surface area contributed by atoms with E-state index in [-0.39, 0.29) is 12.1 Å². The molecule has 2 unspecified atom stereocenters. The number of rotatable bonds is 7. The first-order valence-corrected chi connectivity index (χ1v) is 8.60. The number of carbonyl (C=O) groups is 1. The van der Waals surface area contributed by atoms with Gasteiger partial charge in [0.25, 0.3) is 0 Å². The van der Waals surface area contributed by atoms with Gasteiger partial charge >= 0.3 is 6.09 Å². The first-order valence-electron chi connectivity index (χ1n) is 8.60. The second-order valence-electron chi connectivity index (χ2n) is 7.14. The Hall–Kier alpha value is -0.770. The minimum absolute atomic E-state index is 0.121. The fourth-order valence-electron chi connectivity index (χ4n) is 2.96. The second-order valence-corrected chi connectivity index (χ2v) is 7.14. The van der Waals surface area contributed by atoms with E-state index in [0.29, 0.717) is 24.5 Å². The molecular formula is C17H34N2O2. The lowest BCUT2D eigenvalue weighted by atomic mass is 9.96. The Labute approximate surface area is 130 Å². The molecule has 1 fully saturated rings. The molecule has 1 rings (SSSR count). The SMILES string of the molecule is CCCCOC(=O)N1CC(CC(C)C)NCC1CC(C)C. The van der Waals surface area contributed by atoms with Crippen LogP contribution in [0.5, 0.6) is 0 Å². The van der Waals surface area contributed by atoms with E-state index in [2.05, 4.69) is 39.9 Å². The molecule has 124 valence electrons. The summed E-state index contributed by atoms with van der Waals surface area (Å²) in [5.41, 5.74) is 0. The number of amides is 1. The first kappa shape index (κ1) is 18.3. The minimum atomic E-state index is -0.121. The van der Waals surface area contributed by atoms with Gasteiger partial charge in [-0.25, -0.2) is 4.79 Å². The van der Waals surface area contributed by atoms with Crippen molar-refractivity contribution in [1.29, 1.82) is 0 Å². The quantitative estimate of drug-likeness (QED) is 0.729. The molecule has 0 aliphatic carbocycles. The molecule has 0 aromatic carbocycles. The Balaban J connectivity index is 2.61. The molecule has 1 N–H and O–H groups in total. The van der Waals surface area contributed by atoms with Crippen LogP contribution in [0, 0.1) is 11.8 Å². The van der Waals surface area contributed by atoms with Crippen LogP contribution in [0.25, 0.3) is 0 Å². The van der Waals surface area contributed by atoms with Crippen molar-refractivity contribution >= 4 is 6.09 Å². The fourth-order valence-corrected chi connectivity index (χ4v) is 2.96. The Kier molecular flexibility index (Phi) is 8.09. The fraction of sp³-hybridized carbons (Fsp3) is 0.941. The summed E-state index contributed by atoms with van der Waals surface area (Å²) >= 11 is 0. The highest BCUT2D eigenvalue weighted by Gasteiger charge is 2.32. The van der Waals surface area contributed by atoms with Crippen molar-refractivity contribution in [3.8, 4) is 0 Å². The van der Waals surface area contributed by atoms with Crippen LogP contribution in [0.3, 0.4) is 0 Å². The number of hydrogen-bond donors (Lipinski definition) is 1. The number of hydrogen-bond acceptors (Lipinski definition) is 3. The molecule has 1 heterocycles. The molecule has 1 amide bonds. The lowest BCUT2D eigenvalue weighted by molar-refractivity contribution is 0.0591. The van der Waals surface area contributed by atoms with Crippen LogP contribution in [0.4, 0.5) is 4.79 Å². The average Bonchev–Trinajstić information content (AvgIpc) is 2.39. The van der Waals surface area contributed by atoms with Gasteiger partial charge in [-0.3, -0.25) is 0 Å². The molecule has 21 heavy (non-hydrogen) atoms. The standard InChI is InChI=1S/C17H34N2O2/c1-6-7-8-21-17(20)19-12-15(9-13(2)3)18-11-16(19)10-14(4)5/h13-16,18H,6-12H2,1-5H3. The summed E-state index contributed by atoms with van der Waals surface area (Å²) in [7, 11) is 0. The van der Waals surface area contributed by atoms with Gasteiger partial charge in [0, 0.05) is 25.2 Å². The molecule has 0 saturated carbocycles. The third kappa shape index (κ3) is 6.68. The number of nitrogens with one attached hydrogen (secondary N) is 1. The maximum Gasteiger partial charge on any atom is 0.410 e. The van der Waals surface area contributed by atoms with Crippen LogP contribution in [-0.2, 0) is 4.74 Å². The predicted octanol–water partition coefficient (Wildman–Crippen LogP) is 3.66. The van der Waals surface area contributed by atoms with Gasteiger partial charge < -0.3 is 15.0 Å². The molecule has 0 radical (unpaired) electrons. The van der Waals surface area contributed by atoms with Gasteiger partial charge in [-0.2, -0.15) is 0 Å². The van der Waals surface area contributed by atoms with Crippen LogP contribution < -0.4 is 5.32 Å². The highest BCUT2D eigenvalue weighted by molar-refractivity contribution is 5.68. The zero-order chi connectivity index (χ0) is 15.8. The van der Waals surface area contributed by atoms with Gasteiger partial charge in [-0.1, -0.05) is 41.0 Å². The highest BCUT2D eigenvalue weighted by atomic mass is 16.6. The zero-order valence-corrected chi connectivity index (χ0v) is 14.5. The van der Waals surface area contributed by atoms with Gasteiger partial charge in [0.2, 0.25) is 0 Å². The van der Waals surface area contributed by atoms with E-state index in [1.807, 2.05) is 4.90 Å². The predicted molar refractivity (Wildman–Crippen MR) is 87.5 cm³/mol. The Morgan fingerprint density at radius 2 is 1.90 bits per heavy atom. The zero-order valence-electron chi connectivity index (χ0n) is 14.5. The average molecular weight is 298 g/mol. The summed E-state index contributed by atoms with van der Waals surface area (Å²) < 4.78 is 5.45. The molecule has 0 aromatic rings. The summed E-state index contributed by atoms with van der Waals surface area (Å²) in [5.74, 6) is 1.23. The molecule has 1 aliphatic rings. The van der Waals surface area contributed by atoms with Crippen LogP contribution in [0.15, 0.2) is 0 Å². The number of carbonyl (C=O) groups excluding carboxylic acids is 1. The van der Waals surface area contributed by atoms with Crippen LogP contribution in [-0.4, -0.2) is 42.8 Å². The lowest BCUT2D eigenvalue weighted by Gasteiger charge is -2.41. The largest absolute Gasteiger partial charge is 0.449 e. The van der Waals surface area contributed by atoms with Crippen molar-refractivity contribution in [2.75, 3.05) is 19.7 Å². The van der Waals surface area contributed by atoms with Crippen molar-refractivity contribution in [3.63, 3.8) is 0 Å². The van der Waals surface area contributed by atoms with E-state index in [4.69, 9.17) is 4.74 Å². The van der Waals surface area contributed by atoms with E-state index in [0.717, 1.165) is 38.8 Å². The smallest absolute Gasteiger partial charge is 0.410 e. The summed E-state index contributed by atoms with van der Waals surface area (Å²) in [5, 5.41) is 3.61. The molecule has 1 saturated heterocycles. The Morgan fingerprint density at radius 1 is 1.24 bits per heavy atom. The third-order valence-corrected chi connectivity index (χ3v) is 3.96. The second kappa shape index (κ2) is 9.29. The van der Waals surface area contributed by atoms with Gasteiger partial charge in [0.05, 0.1) is 6.61 Å². The highest BCUT2D eigenvalue weighted by Crippen LogP contribution is 2.19. The number of piperazine rings is 1. The van der Waals surface area contributed by atoms with E-state index in [1.165, 1.54) is 0 Å². The number of nitrogens with zero attached hydrogens (tertiary/aromatic N) is 1. The molecule has 0 aromatic heterocycles. The summed E-state index contributed by atoms with van der Waals surface area (Å²) in [6.45, 7) is 13.2. The number of unbranched alkanes of at least 4 members (excludes halogenated alkanes) is 1. The third-order valence-electron chi connectivity index (χ3n) is 3.96. The molecule has 0 bridgehead atoms. The maximum absolute atomic E-state index is 12.4. The Bertz CT molecular complexity index is 305. The summed E-state index contributed by atoms with van der Waals surface area (Å²) in [4.78, 5) is 14.3. The van der Waals surface area contributed by atoms with E-state index >= 15 is 0 Å². The normalized spacial score (nSPS) is 22.9. The maximum atomic E-state index is 12.4. The molecule has 4 nitrogen and oxygen atoms in total. The monoisotopic (exact) mass is 298 g/mol. The summed E-state index contributed by atoms with van der Waals surface area (Å²) in [6.07, 6.45) is 4.02. The topological polar surface area (TPSA) is 41.6 Å². The van der Waals surface area contributed by atoms with Crippen molar-refractivity contribution in [3.05, 3.63) is 0 Å². The molecular weight excluding hydrogens is 264 g/mol. The molecule has 4 heteroatoms. The van der Waals surface area contributed by atoms with Gasteiger partial charge in [-0.05, 0) is 31.1 Å². The van der Waals surface area contributed by atoms with Gasteiger partial charge in [0.1, 0.15) is 0 Å². The minimum Gasteiger partial charge on any atom is -0.449 e. The van der Waals surface area contributed by atoms with Crippen LogP contribution in [0.1, 0.15) is 60.3 Å². The number of ether oxygens (including phenoxy) is 1. The Morgan fingerprint density at radius 3 is 2.48 bits per heavy atom. The van der Waals surface area contributed by atoms with Crippen molar-refractivity contribution < 1.29 is 9.53 Å². The van der Waals surface area contributed by atoms with Crippen LogP contribution in [0.2, 0.25) is 0 Å². The van der Waals surface area contributed by atoms with Crippen molar-refractivity contribution in [1.82, 2.24) is 10.2 Å². The van der Waals surface area contributed by atoms with E-state index in [1.54, 1.807) is 0 Å². The summed E-state index contributed by atoms with van der Waals surface area (Å²) in [6, 6.07) is 0.662. The van der Waals surface area contributed by atoms with Crippen molar-refractivity contribution in [2.24, 2.45) is 11.8 Å². The lowest BCUT2D eigenvalue weighted by Crippen LogP contribution is -2.59. The van der Waals surface area contributed by atoms with Crippen molar-refractivity contribution in [2.45, 2.75) is 72.4 Å².